The lowest BCUT2D eigenvalue weighted by Gasteiger charge is -2.05. The van der Waals surface area contributed by atoms with Crippen molar-refractivity contribution in [1.82, 2.24) is 0 Å². The zero-order valence-corrected chi connectivity index (χ0v) is 11.4. The highest BCUT2D eigenvalue weighted by molar-refractivity contribution is 7.18. The van der Waals surface area contributed by atoms with Gasteiger partial charge >= 0.3 is 6.61 Å². The first kappa shape index (κ1) is 14.0. The van der Waals surface area contributed by atoms with Gasteiger partial charge in [-0.25, -0.2) is 0 Å². The first-order valence-corrected chi connectivity index (χ1v) is 6.52. The van der Waals surface area contributed by atoms with Crippen molar-refractivity contribution >= 4 is 28.7 Å². The van der Waals surface area contributed by atoms with E-state index in [0.29, 0.717) is 9.21 Å². The van der Waals surface area contributed by atoms with Crippen molar-refractivity contribution in [2.24, 2.45) is 0 Å². The molecule has 0 bridgehead atoms. The highest BCUT2D eigenvalue weighted by Gasteiger charge is 2.15. The molecule has 0 amide bonds. The molecule has 2 rings (SSSR count). The van der Waals surface area contributed by atoms with Gasteiger partial charge in [-0.1, -0.05) is 23.7 Å². The summed E-state index contributed by atoms with van der Waals surface area (Å²) in [4.78, 5) is 12.6. The number of hydrogen-bond donors (Lipinski definition) is 0. The Morgan fingerprint density at radius 1 is 1.37 bits per heavy atom. The Hall–Kier alpha value is -1.46. The molecule has 0 spiro atoms. The fourth-order valence-electron chi connectivity index (χ4n) is 1.53. The number of ether oxygens (including phenoxy) is 1. The van der Waals surface area contributed by atoms with Crippen LogP contribution in [0.25, 0.3) is 0 Å². The van der Waals surface area contributed by atoms with Crippen molar-refractivity contribution in [3.63, 3.8) is 0 Å². The molecule has 0 aliphatic carbocycles. The van der Waals surface area contributed by atoms with Crippen LogP contribution in [0.4, 0.5) is 8.78 Å². The van der Waals surface area contributed by atoms with E-state index in [9.17, 15) is 13.6 Å². The summed E-state index contributed by atoms with van der Waals surface area (Å²) in [5.74, 6) is -0.306. The monoisotopic (exact) mass is 302 g/mol. The van der Waals surface area contributed by atoms with Crippen LogP contribution >= 0.6 is 22.9 Å². The minimum Gasteiger partial charge on any atom is -0.435 e. The minimum atomic E-state index is -2.91. The third-order valence-electron chi connectivity index (χ3n) is 2.40. The summed E-state index contributed by atoms with van der Waals surface area (Å²) in [6.07, 6.45) is 0. The predicted molar refractivity (Wildman–Crippen MR) is 70.6 cm³/mol. The topological polar surface area (TPSA) is 26.3 Å². The van der Waals surface area contributed by atoms with Gasteiger partial charge < -0.3 is 4.74 Å². The quantitative estimate of drug-likeness (QED) is 0.775. The summed E-state index contributed by atoms with van der Waals surface area (Å²) in [7, 11) is 0. The lowest BCUT2D eigenvalue weighted by Crippen LogP contribution is -2.04. The molecule has 0 saturated heterocycles. The Bertz CT molecular complexity index is 591. The van der Waals surface area contributed by atoms with Gasteiger partial charge in [-0.15, -0.1) is 11.3 Å². The van der Waals surface area contributed by atoms with Gasteiger partial charge in [0.05, 0.1) is 9.21 Å². The number of aryl methyl sites for hydroxylation is 1. The molecule has 1 aromatic heterocycles. The second kappa shape index (κ2) is 5.67. The van der Waals surface area contributed by atoms with Crippen LogP contribution in [0.15, 0.2) is 30.3 Å². The van der Waals surface area contributed by atoms with E-state index < -0.39 is 6.61 Å². The van der Waals surface area contributed by atoms with Gasteiger partial charge in [-0.05, 0) is 30.7 Å². The maximum atomic E-state index is 12.2. The fourth-order valence-corrected chi connectivity index (χ4v) is 2.69. The van der Waals surface area contributed by atoms with E-state index >= 15 is 0 Å². The Morgan fingerprint density at radius 3 is 2.68 bits per heavy atom. The summed E-state index contributed by atoms with van der Waals surface area (Å²) < 4.78 is 29.0. The number of rotatable bonds is 4. The van der Waals surface area contributed by atoms with Crippen LogP contribution in [0.3, 0.4) is 0 Å². The molecular weight excluding hydrogens is 294 g/mol. The average molecular weight is 303 g/mol. The lowest BCUT2D eigenvalue weighted by atomic mass is 10.1. The highest BCUT2D eigenvalue weighted by Crippen LogP contribution is 2.29. The molecule has 100 valence electrons. The van der Waals surface area contributed by atoms with Crippen LogP contribution < -0.4 is 4.74 Å². The summed E-state index contributed by atoms with van der Waals surface area (Å²) in [6.45, 7) is -1.12. The third kappa shape index (κ3) is 3.30. The van der Waals surface area contributed by atoms with Gasteiger partial charge in [0, 0.05) is 5.56 Å². The van der Waals surface area contributed by atoms with E-state index in [2.05, 4.69) is 4.74 Å². The SMILES string of the molecule is Cc1cc(C(=O)c2cccc(OC(F)F)c2)sc1Cl. The van der Waals surface area contributed by atoms with Crippen molar-refractivity contribution in [3.8, 4) is 5.75 Å². The number of ketones is 1. The molecule has 6 heteroatoms. The smallest absolute Gasteiger partial charge is 0.387 e. The van der Waals surface area contributed by atoms with Gasteiger partial charge in [0.2, 0.25) is 5.78 Å². The van der Waals surface area contributed by atoms with Crippen LogP contribution in [0.1, 0.15) is 20.8 Å². The van der Waals surface area contributed by atoms with Crippen molar-refractivity contribution in [3.05, 3.63) is 50.7 Å². The van der Waals surface area contributed by atoms with Crippen molar-refractivity contribution < 1.29 is 18.3 Å². The van der Waals surface area contributed by atoms with Crippen molar-refractivity contribution in [2.75, 3.05) is 0 Å². The highest BCUT2D eigenvalue weighted by atomic mass is 35.5. The van der Waals surface area contributed by atoms with E-state index in [1.54, 1.807) is 19.1 Å². The van der Waals surface area contributed by atoms with Gasteiger partial charge in [-0.3, -0.25) is 4.79 Å². The Morgan fingerprint density at radius 2 is 2.11 bits per heavy atom. The molecule has 0 radical (unpaired) electrons. The zero-order valence-electron chi connectivity index (χ0n) is 9.82. The molecule has 0 fully saturated rings. The Labute approximate surface area is 117 Å². The number of carbonyl (C=O) groups excluding carboxylic acids is 1. The second-order valence-corrected chi connectivity index (χ2v) is 5.46. The summed E-state index contributed by atoms with van der Waals surface area (Å²) in [6, 6.07) is 7.37. The van der Waals surface area contributed by atoms with Gasteiger partial charge in [0.1, 0.15) is 5.75 Å². The number of halogens is 3. The summed E-state index contributed by atoms with van der Waals surface area (Å²) >= 11 is 7.07. The molecule has 0 aliphatic rings. The molecule has 0 saturated carbocycles. The van der Waals surface area contributed by atoms with Crippen LogP contribution in [-0.2, 0) is 0 Å². The number of benzene rings is 1. The molecule has 2 aromatic rings. The molecule has 2 nitrogen and oxygen atoms in total. The standard InChI is InChI=1S/C13H9ClF2O2S/c1-7-5-10(19-12(7)14)11(17)8-3-2-4-9(6-8)18-13(15)16/h2-6,13H,1H3. The van der Waals surface area contributed by atoms with Crippen molar-refractivity contribution in [2.45, 2.75) is 13.5 Å². The van der Waals surface area contributed by atoms with Crippen LogP contribution in [0.2, 0.25) is 4.34 Å². The van der Waals surface area contributed by atoms with Crippen molar-refractivity contribution in [1.29, 1.82) is 0 Å². The molecule has 0 atom stereocenters. The maximum Gasteiger partial charge on any atom is 0.387 e. The van der Waals surface area contributed by atoms with Crippen LogP contribution in [-0.4, -0.2) is 12.4 Å². The molecule has 0 aliphatic heterocycles. The molecular formula is C13H9ClF2O2S. The summed E-state index contributed by atoms with van der Waals surface area (Å²) in [5, 5.41) is 0. The first-order chi connectivity index (χ1) is 8.97. The first-order valence-electron chi connectivity index (χ1n) is 5.33. The van der Waals surface area contributed by atoms with E-state index in [0.717, 1.165) is 16.9 Å². The molecule has 1 aromatic carbocycles. The number of hydrogen-bond acceptors (Lipinski definition) is 3. The Balaban J connectivity index is 2.28. The van der Waals surface area contributed by atoms with Gasteiger partial charge in [0.15, 0.2) is 0 Å². The predicted octanol–water partition coefficient (Wildman–Crippen LogP) is 4.54. The molecule has 0 N–H and O–H groups in total. The average Bonchev–Trinajstić information content (AvgIpc) is 2.68. The Kier molecular flexibility index (Phi) is 4.17. The minimum absolute atomic E-state index is 0.0415. The molecule has 19 heavy (non-hydrogen) atoms. The summed E-state index contributed by atoms with van der Waals surface area (Å²) in [5.41, 5.74) is 1.10. The molecule has 0 unspecified atom stereocenters. The zero-order chi connectivity index (χ0) is 14.0. The second-order valence-electron chi connectivity index (χ2n) is 3.80. The van der Waals surface area contributed by atoms with Gasteiger partial charge in [-0.2, -0.15) is 8.78 Å². The van der Waals surface area contributed by atoms with Crippen LogP contribution in [0.5, 0.6) is 5.75 Å². The number of alkyl halides is 2. The van der Waals surface area contributed by atoms with E-state index in [4.69, 9.17) is 11.6 Å². The third-order valence-corrected chi connectivity index (χ3v) is 3.96. The van der Waals surface area contributed by atoms with E-state index in [1.165, 1.54) is 18.2 Å². The molecule has 1 heterocycles. The van der Waals surface area contributed by atoms with E-state index in [1.807, 2.05) is 0 Å². The number of carbonyl (C=O) groups is 1. The largest absolute Gasteiger partial charge is 0.435 e. The fraction of sp³-hybridized carbons (Fsp3) is 0.154. The van der Waals surface area contributed by atoms with Crippen LogP contribution in [0, 0.1) is 6.92 Å². The lowest BCUT2D eigenvalue weighted by molar-refractivity contribution is -0.0498. The van der Waals surface area contributed by atoms with Gasteiger partial charge in [0.25, 0.3) is 0 Å². The maximum absolute atomic E-state index is 12.2. The number of thiophene rings is 1. The normalized spacial score (nSPS) is 10.8. The van der Waals surface area contributed by atoms with E-state index in [-0.39, 0.29) is 17.1 Å².